The Labute approximate surface area is 88.5 Å². The van der Waals surface area contributed by atoms with Crippen LogP contribution in [-0.2, 0) is 4.79 Å². The minimum atomic E-state index is -0.744. The Kier molecular flexibility index (Phi) is 4.07. The van der Waals surface area contributed by atoms with E-state index in [0.717, 1.165) is 12.1 Å². The Bertz CT molecular complexity index is 273. The van der Waals surface area contributed by atoms with Crippen LogP contribution in [0, 0.1) is 0 Å². The van der Waals surface area contributed by atoms with Crippen LogP contribution in [0.1, 0.15) is 6.42 Å². The first-order valence-corrected chi connectivity index (χ1v) is 5.75. The third-order valence-corrected chi connectivity index (χ3v) is 3.10. The zero-order valence-electron chi connectivity index (χ0n) is 8.43. The van der Waals surface area contributed by atoms with Crippen molar-refractivity contribution in [3.8, 4) is 0 Å². The third-order valence-electron chi connectivity index (χ3n) is 2.09. The van der Waals surface area contributed by atoms with Gasteiger partial charge in [-0.05, 0) is 11.8 Å². The van der Waals surface area contributed by atoms with E-state index in [0.29, 0.717) is 0 Å². The molecule has 0 saturated carbocycles. The second-order valence-electron chi connectivity index (χ2n) is 3.29. The van der Waals surface area contributed by atoms with Gasteiger partial charge in [-0.2, -0.15) is 11.8 Å². The van der Waals surface area contributed by atoms with E-state index < -0.39 is 5.97 Å². The smallest absolute Gasteiger partial charge is 0.304 e. The van der Waals surface area contributed by atoms with E-state index in [1.807, 2.05) is 25.6 Å². The first-order chi connectivity index (χ1) is 6.63. The van der Waals surface area contributed by atoms with Crippen molar-refractivity contribution in [3.05, 3.63) is 23.9 Å². The molecule has 78 valence electrons. The Hall–Kier alpha value is -0.900. The number of hydrogen-bond acceptors (Lipinski definition) is 3. The number of carboxylic acid groups (broad SMARTS) is 1. The molecule has 1 heterocycles. The molecule has 0 aliphatic carbocycles. The molecule has 0 saturated heterocycles. The average molecular weight is 213 g/mol. The van der Waals surface area contributed by atoms with Crippen molar-refractivity contribution < 1.29 is 9.90 Å². The van der Waals surface area contributed by atoms with Gasteiger partial charge in [-0.3, -0.25) is 4.79 Å². The number of carbonyl (C=O) groups is 1. The van der Waals surface area contributed by atoms with Gasteiger partial charge in [0.2, 0.25) is 0 Å². The molecule has 0 aromatic carbocycles. The average Bonchev–Trinajstić information content (AvgIpc) is 2.14. The van der Waals surface area contributed by atoms with Crippen LogP contribution in [0.2, 0.25) is 0 Å². The molecule has 1 rings (SSSR count). The highest BCUT2D eigenvalue weighted by molar-refractivity contribution is 7.99. The molecule has 0 bridgehead atoms. The van der Waals surface area contributed by atoms with Gasteiger partial charge in [0.05, 0.1) is 6.42 Å². The van der Waals surface area contributed by atoms with Crippen LogP contribution < -0.4 is 0 Å². The largest absolute Gasteiger partial charge is 0.481 e. The summed E-state index contributed by atoms with van der Waals surface area (Å²) in [5.41, 5.74) is 1.09. The Morgan fingerprint density at radius 1 is 1.79 bits per heavy atom. The molecule has 1 N–H and O–H groups in total. The van der Waals surface area contributed by atoms with E-state index in [4.69, 9.17) is 5.11 Å². The van der Waals surface area contributed by atoms with Gasteiger partial charge >= 0.3 is 5.97 Å². The summed E-state index contributed by atoms with van der Waals surface area (Å²) in [6, 6.07) is 0. The number of allylic oxidation sites excluding steroid dienone is 1. The topological polar surface area (TPSA) is 40.5 Å². The van der Waals surface area contributed by atoms with Gasteiger partial charge in [-0.1, -0.05) is 12.2 Å². The van der Waals surface area contributed by atoms with Crippen LogP contribution in [-0.4, -0.2) is 41.1 Å². The normalized spacial score (nSPS) is 17.9. The molecule has 0 aromatic heterocycles. The van der Waals surface area contributed by atoms with Gasteiger partial charge in [0.25, 0.3) is 0 Å². The van der Waals surface area contributed by atoms with Gasteiger partial charge in [-0.25, -0.2) is 0 Å². The first kappa shape index (κ1) is 11.2. The maximum absolute atomic E-state index is 10.6. The van der Waals surface area contributed by atoms with E-state index in [1.165, 1.54) is 0 Å². The van der Waals surface area contributed by atoms with Crippen molar-refractivity contribution in [1.82, 2.24) is 4.90 Å². The lowest BCUT2D eigenvalue weighted by Gasteiger charge is -2.22. The fourth-order valence-electron chi connectivity index (χ4n) is 1.39. The molecule has 0 spiro atoms. The third kappa shape index (κ3) is 3.10. The van der Waals surface area contributed by atoms with Crippen LogP contribution in [0.4, 0.5) is 0 Å². The Morgan fingerprint density at radius 3 is 3.00 bits per heavy atom. The Morgan fingerprint density at radius 2 is 2.50 bits per heavy atom. The fraction of sp³-hybridized carbons (Fsp3) is 0.500. The minimum absolute atomic E-state index is 0.0616. The van der Waals surface area contributed by atoms with Crippen molar-refractivity contribution in [3.63, 3.8) is 0 Å². The van der Waals surface area contributed by atoms with Gasteiger partial charge in [-0.15, -0.1) is 0 Å². The first-order valence-electron chi connectivity index (χ1n) is 4.46. The zero-order chi connectivity index (χ0) is 10.6. The molecule has 0 aromatic rings. The summed E-state index contributed by atoms with van der Waals surface area (Å²) < 4.78 is 0. The molecule has 3 nitrogen and oxygen atoms in total. The SMILES string of the molecule is CSC(CC(=O)O)C1=CN(C)CC=C1. The molecule has 1 atom stereocenters. The molecule has 14 heavy (non-hydrogen) atoms. The molecular formula is C10H15NO2S. The number of likely N-dealkylation sites (N-methyl/N-ethyl adjacent to an activating group) is 1. The summed E-state index contributed by atoms with van der Waals surface area (Å²) in [6.07, 6.45) is 8.22. The second kappa shape index (κ2) is 5.10. The molecular weight excluding hydrogens is 198 g/mol. The number of nitrogens with zero attached hydrogens (tertiary/aromatic N) is 1. The lowest BCUT2D eigenvalue weighted by atomic mass is 10.1. The number of hydrogen-bond donors (Lipinski definition) is 1. The molecule has 0 radical (unpaired) electrons. The van der Waals surface area contributed by atoms with Gasteiger partial charge in [0, 0.05) is 25.0 Å². The highest BCUT2D eigenvalue weighted by Crippen LogP contribution is 2.23. The predicted octanol–water partition coefficient (Wildman–Crippen LogP) is 1.58. The van der Waals surface area contributed by atoms with Crippen LogP contribution in [0.3, 0.4) is 0 Å². The summed E-state index contributed by atoms with van der Waals surface area (Å²) in [4.78, 5) is 12.7. The van der Waals surface area contributed by atoms with Crippen molar-refractivity contribution in [1.29, 1.82) is 0 Å². The fourth-order valence-corrected chi connectivity index (χ4v) is 2.11. The van der Waals surface area contributed by atoms with Gasteiger partial charge in [0.15, 0.2) is 0 Å². The summed E-state index contributed by atoms with van der Waals surface area (Å²) in [5.74, 6) is -0.744. The number of aliphatic carboxylic acids is 1. The van der Waals surface area contributed by atoms with E-state index >= 15 is 0 Å². The maximum Gasteiger partial charge on any atom is 0.304 e. The highest BCUT2D eigenvalue weighted by atomic mass is 32.2. The van der Waals surface area contributed by atoms with Crippen molar-refractivity contribution in [2.45, 2.75) is 11.7 Å². The molecule has 1 aliphatic rings. The van der Waals surface area contributed by atoms with Crippen molar-refractivity contribution in [2.75, 3.05) is 19.8 Å². The van der Waals surface area contributed by atoms with E-state index in [-0.39, 0.29) is 11.7 Å². The Balaban J connectivity index is 2.68. The number of thioether (sulfide) groups is 1. The molecule has 1 aliphatic heterocycles. The van der Waals surface area contributed by atoms with Crippen LogP contribution in [0.25, 0.3) is 0 Å². The maximum atomic E-state index is 10.6. The quantitative estimate of drug-likeness (QED) is 0.769. The summed E-state index contributed by atoms with van der Waals surface area (Å²) in [5, 5.41) is 8.79. The second-order valence-corrected chi connectivity index (χ2v) is 4.33. The number of rotatable bonds is 4. The zero-order valence-corrected chi connectivity index (χ0v) is 9.25. The summed E-state index contributed by atoms with van der Waals surface area (Å²) in [6.45, 7) is 0.900. The highest BCUT2D eigenvalue weighted by Gasteiger charge is 2.16. The lowest BCUT2D eigenvalue weighted by Crippen LogP contribution is -2.19. The lowest BCUT2D eigenvalue weighted by molar-refractivity contribution is -0.136. The van der Waals surface area contributed by atoms with E-state index in [2.05, 4.69) is 11.0 Å². The minimum Gasteiger partial charge on any atom is -0.481 e. The standard InChI is InChI=1S/C10H15NO2S/c1-11-5-3-4-8(7-11)9(14-2)6-10(12)13/h3-4,7,9H,5-6H2,1-2H3,(H,12,13). The number of carboxylic acids is 1. The summed E-state index contributed by atoms with van der Waals surface area (Å²) >= 11 is 1.58. The van der Waals surface area contributed by atoms with Crippen LogP contribution >= 0.6 is 11.8 Å². The van der Waals surface area contributed by atoms with E-state index in [1.54, 1.807) is 11.8 Å². The predicted molar refractivity (Wildman–Crippen MR) is 59.4 cm³/mol. The van der Waals surface area contributed by atoms with Crippen LogP contribution in [0.15, 0.2) is 23.9 Å². The van der Waals surface area contributed by atoms with E-state index in [9.17, 15) is 4.79 Å². The molecule has 4 heteroatoms. The molecule has 0 amide bonds. The van der Waals surface area contributed by atoms with Crippen LogP contribution in [0.5, 0.6) is 0 Å². The summed E-state index contributed by atoms with van der Waals surface area (Å²) in [7, 11) is 1.99. The van der Waals surface area contributed by atoms with Crippen molar-refractivity contribution in [2.24, 2.45) is 0 Å². The van der Waals surface area contributed by atoms with Gasteiger partial charge < -0.3 is 10.0 Å². The monoisotopic (exact) mass is 213 g/mol. The molecule has 1 unspecified atom stereocenters. The molecule has 0 fully saturated rings. The van der Waals surface area contributed by atoms with Gasteiger partial charge in [0.1, 0.15) is 0 Å². The van der Waals surface area contributed by atoms with Crippen molar-refractivity contribution >= 4 is 17.7 Å².